The zero-order valence-corrected chi connectivity index (χ0v) is 11.4. The fourth-order valence-electron chi connectivity index (χ4n) is 2.57. The van der Waals surface area contributed by atoms with Gasteiger partial charge < -0.3 is 0 Å². The van der Waals surface area contributed by atoms with E-state index < -0.39 is 30.4 Å². The van der Waals surface area contributed by atoms with Crippen molar-refractivity contribution in [3.63, 3.8) is 0 Å². The summed E-state index contributed by atoms with van der Waals surface area (Å²) < 4.78 is 37.3. The van der Waals surface area contributed by atoms with Crippen molar-refractivity contribution in [1.29, 1.82) is 0 Å². The summed E-state index contributed by atoms with van der Waals surface area (Å²) in [6, 6.07) is 0. The minimum atomic E-state index is -4.42. The van der Waals surface area contributed by atoms with Crippen LogP contribution in [0.3, 0.4) is 0 Å². The lowest BCUT2D eigenvalue weighted by Gasteiger charge is -2.14. The molecule has 112 valence electrons. The van der Waals surface area contributed by atoms with E-state index in [1.807, 2.05) is 0 Å². The Labute approximate surface area is 117 Å². The van der Waals surface area contributed by atoms with E-state index >= 15 is 0 Å². The molecular weight excluding hydrogens is 297 g/mol. The summed E-state index contributed by atoms with van der Waals surface area (Å²) in [5.41, 5.74) is -1.35. The van der Waals surface area contributed by atoms with Crippen LogP contribution in [0.4, 0.5) is 13.2 Å². The van der Waals surface area contributed by atoms with Crippen molar-refractivity contribution in [3.05, 3.63) is 31.6 Å². The van der Waals surface area contributed by atoms with Crippen molar-refractivity contribution in [2.75, 3.05) is 0 Å². The minimum Gasteiger partial charge on any atom is -0.297 e. The largest absolute Gasteiger partial charge is 0.390 e. The monoisotopic (exact) mass is 310 g/mol. The SMILES string of the molecule is O=c1[nH]c(Cl)c(C2CCCC2)c(=O)n1CCC(F)(F)F. The second-order valence-corrected chi connectivity index (χ2v) is 5.34. The molecule has 1 heterocycles. The third-order valence-corrected chi connectivity index (χ3v) is 3.85. The molecule has 0 aliphatic heterocycles. The van der Waals surface area contributed by atoms with Gasteiger partial charge in [0, 0.05) is 6.54 Å². The molecule has 0 saturated heterocycles. The van der Waals surface area contributed by atoms with Crippen LogP contribution < -0.4 is 11.2 Å². The predicted molar refractivity (Wildman–Crippen MR) is 68.2 cm³/mol. The van der Waals surface area contributed by atoms with Gasteiger partial charge in [-0.2, -0.15) is 13.2 Å². The van der Waals surface area contributed by atoms with Crippen LogP contribution >= 0.6 is 11.6 Å². The van der Waals surface area contributed by atoms with Crippen LogP contribution in [-0.4, -0.2) is 15.7 Å². The number of nitrogens with one attached hydrogen (secondary N) is 1. The van der Waals surface area contributed by atoms with E-state index in [4.69, 9.17) is 11.6 Å². The molecule has 1 aliphatic carbocycles. The molecule has 1 aliphatic rings. The van der Waals surface area contributed by atoms with Gasteiger partial charge in [-0.05, 0) is 18.8 Å². The summed E-state index contributed by atoms with van der Waals surface area (Å²) in [6.07, 6.45) is -2.22. The van der Waals surface area contributed by atoms with Gasteiger partial charge in [-0.25, -0.2) is 4.79 Å². The molecule has 0 bridgehead atoms. The van der Waals surface area contributed by atoms with Crippen LogP contribution in [0, 0.1) is 0 Å². The number of nitrogens with zero attached hydrogens (tertiary/aromatic N) is 1. The molecule has 1 N–H and O–H groups in total. The first-order valence-corrected chi connectivity index (χ1v) is 6.76. The van der Waals surface area contributed by atoms with Crippen molar-refractivity contribution in [2.45, 2.75) is 50.7 Å². The highest BCUT2D eigenvalue weighted by Gasteiger charge is 2.29. The lowest BCUT2D eigenvalue weighted by molar-refractivity contribution is -0.137. The number of aromatic amines is 1. The topological polar surface area (TPSA) is 54.9 Å². The zero-order valence-electron chi connectivity index (χ0n) is 10.6. The normalized spacial score (nSPS) is 16.8. The number of aromatic nitrogens is 2. The Morgan fingerprint density at radius 1 is 1.25 bits per heavy atom. The van der Waals surface area contributed by atoms with Crippen LogP contribution in [0.2, 0.25) is 5.15 Å². The average molecular weight is 311 g/mol. The maximum Gasteiger partial charge on any atom is 0.390 e. The van der Waals surface area contributed by atoms with Gasteiger partial charge in [0.15, 0.2) is 0 Å². The summed E-state index contributed by atoms with van der Waals surface area (Å²) >= 11 is 5.89. The highest BCUT2D eigenvalue weighted by atomic mass is 35.5. The summed E-state index contributed by atoms with van der Waals surface area (Å²) in [4.78, 5) is 26.1. The van der Waals surface area contributed by atoms with E-state index in [0.29, 0.717) is 4.57 Å². The Morgan fingerprint density at radius 3 is 2.40 bits per heavy atom. The molecule has 0 atom stereocenters. The molecule has 2 rings (SSSR count). The maximum atomic E-state index is 12.2. The molecule has 0 amide bonds. The predicted octanol–water partition coefficient (Wildman–Crippen LogP) is 2.80. The molecule has 0 radical (unpaired) electrons. The maximum absolute atomic E-state index is 12.2. The second kappa shape index (κ2) is 5.63. The Kier molecular flexibility index (Phi) is 4.27. The molecule has 20 heavy (non-hydrogen) atoms. The van der Waals surface area contributed by atoms with Gasteiger partial charge in [0.25, 0.3) is 5.56 Å². The van der Waals surface area contributed by atoms with E-state index in [9.17, 15) is 22.8 Å². The second-order valence-electron chi connectivity index (χ2n) is 4.96. The van der Waals surface area contributed by atoms with E-state index in [2.05, 4.69) is 4.98 Å². The summed E-state index contributed by atoms with van der Waals surface area (Å²) in [6.45, 7) is -0.686. The van der Waals surface area contributed by atoms with Crippen LogP contribution in [0.5, 0.6) is 0 Å². The Morgan fingerprint density at radius 2 is 1.85 bits per heavy atom. The van der Waals surface area contributed by atoms with Gasteiger partial charge in [0.1, 0.15) is 5.15 Å². The molecule has 1 fully saturated rings. The van der Waals surface area contributed by atoms with Crippen molar-refractivity contribution in [1.82, 2.24) is 9.55 Å². The third kappa shape index (κ3) is 3.26. The van der Waals surface area contributed by atoms with Gasteiger partial charge in [-0.15, -0.1) is 0 Å². The fourth-order valence-corrected chi connectivity index (χ4v) is 2.89. The fraction of sp³-hybridized carbons (Fsp3) is 0.667. The highest BCUT2D eigenvalue weighted by Crippen LogP contribution is 2.34. The third-order valence-electron chi connectivity index (χ3n) is 3.56. The molecular formula is C12H14ClF3N2O2. The smallest absolute Gasteiger partial charge is 0.297 e. The van der Waals surface area contributed by atoms with Crippen LogP contribution in [0.1, 0.15) is 43.6 Å². The lowest BCUT2D eigenvalue weighted by atomic mass is 10.0. The van der Waals surface area contributed by atoms with Crippen molar-refractivity contribution >= 4 is 11.6 Å². The standard InChI is InChI=1S/C12H14ClF3N2O2/c13-9-8(7-3-1-2-4-7)10(19)18(11(20)17-9)6-5-12(14,15)16/h7H,1-6H2,(H,17,20). The van der Waals surface area contributed by atoms with E-state index in [1.165, 1.54) is 0 Å². The van der Waals surface area contributed by atoms with Crippen molar-refractivity contribution in [3.8, 4) is 0 Å². The number of hydrogen-bond acceptors (Lipinski definition) is 2. The molecule has 0 aromatic carbocycles. The van der Waals surface area contributed by atoms with E-state index in [-0.39, 0.29) is 16.6 Å². The zero-order chi connectivity index (χ0) is 14.9. The quantitative estimate of drug-likeness (QED) is 0.873. The molecule has 8 heteroatoms. The number of alkyl halides is 3. The molecule has 4 nitrogen and oxygen atoms in total. The van der Waals surface area contributed by atoms with Gasteiger partial charge in [-0.3, -0.25) is 14.3 Å². The van der Waals surface area contributed by atoms with Crippen LogP contribution in [-0.2, 0) is 6.54 Å². The van der Waals surface area contributed by atoms with E-state index in [1.54, 1.807) is 0 Å². The Hall–Kier alpha value is -1.24. The molecule has 0 unspecified atom stereocenters. The lowest BCUT2D eigenvalue weighted by Crippen LogP contribution is -2.39. The number of hydrogen-bond donors (Lipinski definition) is 1. The summed E-state index contributed by atoms with van der Waals surface area (Å²) in [5, 5.41) is -0.0461. The average Bonchev–Trinajstić information content (AvgIpc) is 2.80. The number of halogens is 4. The summed E-state index contributed by atoms with van der Waals surface area (Å²) in [7, 11) is 0. The van der Waals surface area contributed by atoms with Gasteiger partial charge in [-0.1, -0.05) is 24.4 Å². The number of H-pyrrole nitrogens is 1. The summed E-state index contributed by atoms with van der Waals surface area (Å²) in [5.74, 6) is -0.0796. The van der Waals surface area contributed by atoms with Crippen LogP contribution in [0.25, 0.3) is 0 Å². The first-order chi connectivity index (χ1) is 9.29. The minimum absolute atomic E-state index is 0.0461. The first kappa shape index (κ1) is 15.2. The van der Waals surface area contributed by atoms with Crippen molar-refractivity contribution < 1.29 is 13.2 Å². The first-order valence-electron chi connectivity index (χ1n) is 6.39. The van der Waals surface area contributed by atoms with E-state index in [0.717, 1.165) is 25.7 Å². The number of rotatable bonds is 3. The van der Waals surface area contributed by atoms with Gasteiger partial charge in [0.2, 0.25) is 0 Å². The van der Waals surface area contributed by atoms with Gasteiger partial charge in [0.05, 0.1) is 12.0 Å². The van der Waals surface area contributed by atoms with Gasteiger partial charge >= 0.3 is 11.9 Å². The van der Waals surface area contributed by atoms with Crippen LogP contribution in [0.15, 0.2) is 9.59 Å². The molecule has 1 saturated carbocycles. The highest BCUT2D eigenvalue weighted by molar-refractivity contribution is 6.30. The molecule has 1 aromatic rings. The molecule has 1 aromatic heterocycles. The molecule has 0 spiro atoms. The Balaban J connectivity index is 2.39. The Bertz CT molecular complexity index is 600. The van der Waals surface area contributed by atoms with Crippen molar-refractivity contribution in [2.24, 2.45) is 0 Å².